The fourth-order valence-electron chi connectivity index (χ4n) is 4.15. The van der Waals surface area contributed by atoms with Crippen LogP contribution < -0.4 is 10.5 Å². The lowest BCUT2D eigenvalue weighted by Gasteiger charge is -2.35. The summed E-state index contributed by atoms with van der Waals surface area (Å²) < 4.78 is 7.78. The van der Waals surface area contributed by atoms with Gasteiger partial charge in [0.1, 0.15) is 11.9 Å². The Kier molecular flexibility index (Phi) is 6.70. The van der Waals surface area contributed by atoms with E-state index in [9.17, 15) is 9.59 Å². The number of amides is 1. The van der Waals surface area contributed by atoms with Crippen molar-refractivity contribution in [1.82, 2.24) is 24.6 Å². The first-order valence-electron chi connectivity index (χ1n) is 11.0. The molecule has 1 fully saturated rings. The van der Waals surface area contributed by atoms with E-state index in [1.54, 1.807) is 18.5 Å². The number of nitrogens with zero attached hydrogens (tertiary/aromatic N) is 6. The normalized spacial score (nSPS) is 14.9. The third-order valence-electron chi connectivity index (χ3n) is 5.97. The van der Waals surface area contributed by atoms with Crippen LogP contribution in [0.1, 0.15) is 30.5 Å². The Balaban J connectivity index is 1.22. The minimum Gasteiger partial charge on any atom is -0.379 e. The van der Waals surface area contributed by atoms with Crippen LogP contribution in [0.15, 0.2) is 35.5 Å². The highest BCUT2D eigenvalue weighted by molar-refractivity contribution is 5.82. The Bertz CT molecular complexity index is 1220. The lowest BCUT2D eigenvalue weighted by molar-refractivity contribution is -0.132. The molecular formula is C23H27N7O3. The number of H-pyrrole nitrogens is 1. The van der Waals surface area contributed by atoms with Gasteiger partial charge in [0.25, 0.3) is 5.56 Å². The fraction of sp³-hybridized carbons (Fsp3) is 0.435. The topological polar surface area (TPSA) is 120 Å². The van der Waals surface area contributed by atoms with Crippen LogP contribution in [0.4, 0.5) is 5.82 Å². The smallest absolute Gasteiger partial charge is 0.273 e. The number of aryl methyl sites for hydroxylation is 1. The van der Waals surface area contributed by atoms with Gasteiger partial charge in [-0.2, -0.15) is 10.4 Å². The maximum atomic E-state index is 12.6. The van der Waals surface area contributed by atoms with Crippen LogP contribution >= 0.6 is 0 Å². The van der Waals surface area contributed by atoms with E-state index in [0.29, 0.717) is 56.8 Å². The number of aromatic amines is 1. The van der Waals surface area contributed by atoms with Crippen LogP contribution in [0.25, 0.3) is 10.9 Å². The maximum absolute atomic E-state index is 12.6. The number of piperazine rings is 1. The number of carbonyl (C=O) groups is 1. The van der Waals surface area contributed by atoms with Crippen LogP contribution in [0.3, 0.4) is 0 Å². The average molecular weight is 450 g/mol. The molecule has 1 saturated heterocycles. The van der Waals surface area contributed by atoms with Crippen molar-refractivity contribution in [2.75, 3.05) is 44.3 Å². The SMILES string of the molecule is Cc1cn(C(C)COCCC(=O)N2CCN(c3ccc(C#N)cn3)CC2)c2cn[nH]c(=O)c12. The zero-order chi connectivity index (χ0) is 23.4. The van der Waals surface area contributed by atoms with E-state index < -0.39 is 0 Å². The van der Waals surface area contributed by atoms with E-state index in [4.69, 9.17) is 10.00 Å². The maximum Gasteiger partial charge on any atom is 0.273 e. The number of nitriles is 1. The molecule has 0 saturated carbocycles. The van der Waals surface area contributed by atoms with Crippen molar-refractivity contribution in [1.29, 1.82) is 5.26 Å². The van der Waals surface area contributed by atoms with Crippen molar-refractivity contribution < 1.29 is 9.53 Å². The fourth-order valence-corrected chi connectivity index (χ4v) is 4.15. The van der Waals surface area contributed by atoms with Crippen LogP contribution in [0.5, 0.6) is 0 Å². The molecule has 1 atom stereocenters. The number of anilines is 1. The first kappa shape index (κ1) is 22.5. The van der Waals surface area contributed by atoms with E-state index in [1.165, 1.54) is 0 Å². The molecule has 0 bridgehead atoms. The molecule has 1 aliphatic rings. The molecule has 0 aromatic carbocycles. The average Bonchev–Trinajstić information content (AvgIpc) is 3.19. The molecule has 33 heavy (non-hydrogen) atoms. The molecule has 172 valence electrons. The second-order valence-corrected chi connectivity index (χ2v) is 8.24. The van der Waals surface area contributed by atoms with Crippen molar-refractivity contribution in [3.05, 3.63) is 52.2 Å². The van der Waals surface area contributed by atoms with Gasteiger partial charge in [0.15, 0.2) is 0 Å². The Hall–Kier alpha value is -3.71. The third-order valence-corrected chi connectivity index (χ3v) is 5.97. The Labute approximate surface area is 191 Å². The number of rotatable bonds is 7. The van der Waals surface area contributed by atoms with Gasteiger partial charge in [0, 0.05) is 38.6 Å². The first-order valence-corrected chi connectivity index (χ1v) is 11.0. The minimum absolute atomic E-state index is 0.00312. The van der Waals surface area contributed by atoms with Gasteiger partial charge in [0.2, 0.25) is 5.91 Å². The number of fused-ring (bicyclic) bond motifs is 1. The quantitative estimate of drug-likeness (QED) is 0.544. The Morgan fingerprint density at radius 3 is 2.76 bits per heavy atom. The molecule has 3 aromatic rings. The highest BCUT2D eigenvalue weighted by Crippen LogP contribution is 2.21. The van der Waals surface area contributed by atoms with Crippen LogP contribution in [0, 0.1) is 18.3 Å². The van der Waals surface area contributed by atoms with Crippen LogP contribution in [0.2, 0.25) is 0 Å². The van der Waals surface area contributed by atoms with E-state index >= 15 is 0 Å². The molecule has 10 nitrogen and oxygen atoms in total. The van der Waals surface area contributed by atoms with E-state index in [-0.39, 0.29) is 17.5 Å². The number of aromatic nitrogens is 4. The summed E-state index contributed by atoms with van der Waals surface area (Å²) in [5.41, 5.74) is 2.01. The molecule has 1 amide bonds. The highest BCUT2D eigenvalue weighted by Gasteiger charge is 2.22. The summed E-state index contributed by atoms with van der Waals surface area (Å²) in [7, 11) is 0. The number of pyridine rings is 1. The first-order chi connectivity index (χ1) is 16.0. The van der Waals surface area contributed by atoms with Gasteiger partial charge in [-0.1, -0.05) is 0 Å². The Morgan fingerprint density at radius 1 is 1.27 bits per heavy atom. The van der Waals surface area contributed by atoms with Crippen molar-refractivity contribution >= 4 is 22.6 Å². The largest absolute Gasteiger partial charge is 0.379 e. The zero-order valence-corrected chi connectivity index (χ0v) is 18.8. The summed E-state index contributed by atoms with van der Waals surface area (Å²) in [6.45, 7) is 7.36. The van der Waals surface area contributed by atoms with Gasteiger partial charge >= 0.3 is 0 Å². The second-order valence-electron chi connectivity index (χ2n) is 8.24. The molecule has 1 unspecified atom stereocenters. The molecule has 1 aliphatic heterocycles. The van der Waals surface area contributed by atoms with Gasteiger partial charge < -0.3 is 19.1 Å². The summed E-state index contributed by atoms with van der Waals surface area (Å²) in [5.74, 6) is 0.900. The van der Waals surface area contributed by atoms with Gasteiger partial charge in [-0.15, -0.1) is 0 Å². The molecule has 10 heteroatoms. The number of hydrogen-bond acceptors (Lipinski definition) is 7. The van der Waals surface area contributed by atoms with Gasteiger partial charge in [0.05, 0.1) is 48.3 Å². The monoisotopic (exact) mass is 449 g/mol. The lowest BCUT2D eigenvalue weighted by atomic mass is 10.2. The highest BCUT2D eigenvalue weighted by atomic mass is 16.5. The Morgan fingerprint density at radius 2 is 2.06 bits per heavy atom. The third kappa shape index (κ3) is 4.88. The van der Waals surface area contributed by atoms with Crippen LogP contribution in [-0.4, -0.2) is 69.9 Å². The number of carbonyl (C=O) groups excluding carboxylic acids is 1. The zero-order valence-electron chi connectivity index (χ0n) is 18.8. The summed E-state index contributed by atoms with van der Waals surface area (Å²) in [4.78, 5) is 32.9. The predicted octanol–water partition coefficient (Wildman–Crippen LogP) is 1.62. The van der Waals surface area contributed by atoms with Crippen molar-refractivity contribution in [2.45, 2.75) is 26.3 Å². The number of nitrogens with one attached hydrogen (secondary N) is 1. The van der Waals surface area contributed by atoms with Crippen molar-refractivity contribution in [3.8, 4) is 6.07 Å². The molecular weight excluding hydrogens is 422 g/mol. The number of hydrogen-bond donors (Lipinski definition) is 1. The van der Waals surface area contributed by atoms with Crippen molar-refractivity contribution in [2.24, 2.45) is 0 Å². The van der Waals surface area contributed by atoms with E-state index in [2.05, 4.69) is 26.2 Å². The lowest BCUT2D eigenvalue weighted by Crippen LogP contribution is -2.49. The van der Waals surface area contributed by atoms with Crippen molar-refractivity contribution in [3.63, 3.8) is 0 Å². The molecule has 4 rings (SSSR count). The molecule has 3 aromatic heterocycles. The minimum atomic E-state index is -0.197. The van der Waals surface area contributed by atoms with E-state index in [0.717, 1.165) is 16.9 Å². The predicted molar refractivity (Wildman–Crippen MR) is 123 cm³/mol. The van der Waals surface area contributed by atoms with Gasteiger partial charge in [-0.25, -0.2) is 10.1 Å². The standard InChI is InChI=1S/C23H27N7O3/c1-16-14-30(19-13-26-27-23(32)22(16)19)17(2)15-33-10-5-21(31)29-8-6-28(7-9-29)20-4-3-18(11-24)12-25-20/h3-4,12-14,17H,5-10,15H2,1-2H3,(H,27,32). The molecule has 0 spiro atoms. The second kappa shape index (κ2) is 9.83. The van der Waals surface area contributed by atoms with Gasteiger partial charge in [-0.3, -0.25) is 9.59 Å². The van der Waals surface area contributed by atoms with Crippen LogP contribution in [-0.2, 0) is 9.53 Å². The summed E-state index contributed by atoms with van der Waals surface area (Å²) in [5, 5.41) is 15.9. The molecule has 1 N–H and O–H groups in total. The summed E-state index contributed by atoms with van der Waals surface area (Å²) in [6.07, 6.45) is 5.48. The molecule has 0 radical (unpaired) electrons. The summed E-state index contributed by atoms with van der Waals surface area (Å²) in [6, 6.07) is 5.66. The van der Waals surface area contributed by atoms with E-state index in [1.807, 2.05) is 35.6 Å². The van der Waals surface area contributed by atoms with Gasteiger partial charge in [-0.05, 0) is 31.5 Å². The molecule has 0 aliphatic carbocycles. The number of ether oxygens (including phenoxy) is 1. The summed E-state index contributed by atoms with van der Waals surface area (Å²) >= 11 is 0. The molecule has 4 heterocycles.